The van der Waals surface area contributed by atoms with Gasteiger partial charge in [-0.05, 0) is 35.7 Å². The summed E-state index contributed by atoms with van der Waals surface area (Å²) < 4.78 is 5.40. The second kappa shape index (κ2) is 9.98. The number of pyridine rings is 2. The second-order valence-electron chi connectivity index (χ2n) is 7.33. The number of ether oxygens (including phenoxy) is 1. The Bertz CT molecular complexity index is 926. The van der Waals surface area contributed by atoms with Crippen molar-refractivity contribution in [1.29, 1.82) is 0 Å². The minimum absolute atomic E-state index is 0.0178. The summed E-state index contributed by atoms with van der Waals surface area (Å²) in [5.74, 6) is 0.869. The van der Waals surface area contributed by atoms with E-state index in [0.717, 1.165) is 30.9 Å². The molecule has 1 fully saturated rings. The monoisotopic (exact) mass is 402 g/mol. The third-order valence-electron chi connectivity index (χ3n) is 5.23. The van der Waals surface area contributed by atoms with Crippen molar-refractivity contribution in [2.45, 2.75) is 13.0 Å². The SMILES string of the molecule is O=C(c1ccc(N2CCOCC2)nc1)N(CCc1ccccc1)Cc1cccnc1. The van der Waals surface area contributed by atoms with Gasteiger partial charge in [-0.15, -0.1) is 0 Å². The zero-order valence-corrected chi connectivity index (χ0v) is 17.0. The van der Waals surface area contributed by atoms with Crippen LogP contribution in [0.4, 0.5) is 5.82 Å². The molecule has 0 radical (unpaired) electrons. The molecule has 6 heteroatoms. The molecule has 0 unspecified atom stereocenters. The van der Waals surface area contributed by atoms with Crippen LogP contribution in [-0.2, 0) is 17.7 Å². The highest BCUT2D eigenvalue weighted by Crippen LogP contribution is 2.16. The van der Waals surface area contributed by atoms with Gasteiger partial charge in [0.2, 0.25) is 0 Å². The van der Waals surface area contributed by atoms with Gasteiger partial charge < -0.3 is 14.5 Å². The first-order chi connectivity index (χ1) is 14.8. The number of anilines is 1. The van der Waals surface area contributed by atoms with Gasteiger partial charge in [-0.1, -0.05) is 36.4 Å². The molecular weight excluding hydrogens is 376 g/mol. The van der Waals surface area contributed by atoms with Crippen LogP contribution in [0.1, 0.15) is 21.5 Å². The zero-order chi connectivity index (χ0) is 20.6. The van der Waals surface area contributed by atoms with E-state index in [4.69, 9.17) is 4.74 Å². The van der Waals surface area contributed by atoms with Gasteiger partial charge >= 0.3 is 0 Å². The lowest BCUT2D eigenvalue weighted by Crippen LogP contribution is -2.37. The van der Waals surface area contributed by atoms with E-state index in [9.17, 15) is 4.79 Å². The van der Waals surface area contributed by atoms with E-state index in [1.54, 1.807) is 12.4 Å². The van der Waals surface area contributed by atoms with Gasteiger partial charge in [-0.25, -0.2) is 4.98 Å². The Morgan fingerprint density at radius 3 is 2.47 bits per heavy atom. The normalized spacial score (nSPS) is 13.8. The highest BCUT2D eigenvalue weighted by Gasteiger charge is 2.18. The molecule has 1 aromatic carbocycles. The number of carbonyl (C=O) groups excluding carboxylic acids is 1. The molecule has 0 spiro atoms. The number of aromatic nitrogens is 2. The number of nitrogens with zero attached hydrogens (tertiary/aromatic N) is 4. The quantitative estimate of drug-likeness (QED) is 0.607. The first kappa shape index (κ1) is 20.0. The number of carbonyl (C=O) groups is 1. The van der Waals surface area contributed by atoms with Gasteiger partial charge in [0, 0.05) is 44.8 Å². The third kappa shape index (κ3) is 5.21. The van der Waals surface area contributed by atoms with Gasteiger partial charge in [0.15, 0.2) is 0 Å². The van der Waals surface area contributed by atoms with Crippen LogP contribution in [-0.4, -0.2) is 53.6 Å². The molecule has 4 rings (SSSR count). The molecule has 3 heterocycles. The molecule has 0 saturated carbocycles. The average Bonchev–Trinajstić information content (AvgIpc) is 2.83. The second-order valence-corrected chi connectivity index (χ2v) is 7.33. The van der Waals surface area contributed by atoms with E-state index in [2.05, 4.69) is 27.0 Å². The summed E-state index contributed by atoms with van der Waals surface area (Å²) in [7, 11) is 0. The summed E-state index contributed by atoms with van der Waals surface area (Å²) in [6.45, 7) is 4.21. The van der Waals surface area contributed by atoms with Crippen molar-refractivity contribution in [3.8, 4) is 0 Å². The topological polar surface area (TPSA) is 58.6 Å². The summed E-state index contributed by atoms with van der Waals surface area (Å²) in [5, 5.41) is 0. The van der Waals surface area contributed by atoms with E-state index in [0.29, 0.717) is 31.9 Å². The van der Waals surface area contributed by atoms with Crippen LogP contribution in [0.2, 0.25) is 0 Å². The number of hydrogen-bond donors (Lipinski definition) is 0. The number of rotatable bonds is 7. The van der Waals surface area contributed by atoms with Crippen LogP contribution >= 0.6 is 0 Å². The number of benzene rings is 1. The van der Waals surface area contributed by atoms with Crippen LogP contribution in [0, 0.1) is 0 Å². The molecule has 6 nitrogen and oxygen atoms in total. The fourth-order valence-electron chi connectivity index (χ4n) is 3.55. The molecule has 0 bridgehead atoms. The Morgan fingerprint density at radius 2 is 1.77 bits per heavy atom. The molecular formula is C24H26N4O2. The molecule has 1 saturated heterocycles. The maximum absolute atomic E-state index is 13.3. The Labute approximate surface area is 177 Å². The molecule has 0 aliphatic carbocycles. The summed E-state index contributed by atoms with van der Waals surface area (Å²) >= 11 is 0. The van der Waals surface area contributed by atoms with Gasteiger partial charge in [0.1, 0.15) is 5.82 Å². The lowest BCUT2D eigenvalue weighted by molar-refractivity contribution is 0.0744. The van der Waals surface area contributed by atoms with E-state index in [1.807, 2.05) is 53.6 Å². The van der Waals surface area contributed by atoms with Crippen molar-refractivity contribution in [3.63, 3.8) is 0 Å². The minimum Gasteiger partial charge on any atom is -0.378 e. The average molecular weight is 402 g/mol. The predicted octanol–water partition coefficient (Wildman–Crippen LogP) is 3.20. The van der Waals surface area contributed by atoms with Crippen LogP contribution in [0.5, 0.6) is 0 Å². The van der Waals surface area contributed by atoms with E-state index < -0.39 is 0 Å². The first-order valence-corrected chi connectivity index (χ1v) is 10.3. The van der Waals surface area contributed by atoms with Crippen molar-refractivity contribution in [2.75, 3.05) is 37.7 Å². The highest BCUT2D eigenvalue weighted by atomic mass is 16.5. The molecule has 154 valence electrons. The van der Waals surface area contributed by atoms with Gasteiger partial charge in [0.05, 0.1) is 18.8 Å². The Balaban J connectivity index is 1.48. The fourth-order valence-corrected chi connectivity index (χ4v) is 3.55. The van der Waals surface area contributed by atoms with Crippen LogP contribution < -0.4 is 4.90 Å². The van der Waals surface area contributed by atoms with Crippen molar-refractivity contribution in [2.24, 2.45) is 0 Å². The van der Waals surface area contributed by atoms with E-state index in [-0.39, 0.29) is 5.91 Å². The number of morpholine rings is 1. The maximum Gasteiger partial charge on any atom is 0.255 e. The van der Waals surface area contributed by atoms with Crippen LogP contribution in [0.15, 0.2) is 73.2 Å². The van der Waals surface area contributed by atoms with Gasteiger partial charge in [-0.3, -0.25) is 9.78 Å². The standard InChI is InChI=1S/C24H26N4O2/c29-24(22-8-9-23(26-18-22)27-13-15-30-16-14-27)28(19-21-7-4-11-25-17-21)12-10-20-5-2-1-3-6-20/h1-9,11,17-18H,10,12-16,19H2. The third-order valence-corrected chi connectivity index (χ3v) is 5.23. The van der Waals surface area contributed by atoms with Gasteiger partial charge in [0.25, 0.3) is 5.91 Å². The summed E-state index contributed by atoms with van der Waals surface area (Å²) in [5.41, 5.74) is 2.82. The Morgan fingerprint density at radius 1 is 0.967 bits per heavy atom. The molecule has 2 aromatic heterocycles. The van der Waals surface area contributed by atoms with Crippen molar-refractivity contribution < 1.29 is 9.53 Å². The molecule has 1 aliphatic rings. The first-order valence-electron chi connectivity index (χ1n) is 10.3. The van der Waals surface area contributed by atoms with Crippen LogP contribution in [0.3, 0.4) is 0 Å². The maximum atomic E-state index is 13.3. The molecule has 30 heavy (non-hydrogen) atoms. The zero-order valence-electron chi connectivity index (χ0n) is 17.0. The number of hydrogen-bond acceptors (Lipinski definition) is 5. The lowest BCUT2D eigenvalue weighted by atomic mass is 10.1. The van der Waals surface area contributed by atoms with Crippen molar-refractivity contribution >= 4 is 11.7 Å². The summed E-state index contributed by atoms with van der Waals surface area (Å²) in [6.07, 6.45) is 6.04. The highest BCUT2D eigenvalue weighted by molar-refractivity contribution is 5.94. The largest absolute Gasteiger partial charge is 0.378 e. The Hall–Kier alpha value is -3.25. The molecule has 1 aliphatic heterocycles. The molecule has 3 aromatic rings. The molecule has 0 N–H and O–H groups in total. The number of amides is 1. The van der Waals surface area contributed by atoms with E-state index in [1.165, 1.54) is 5.56 Å². The van der Waals surface area contributed by atoms with E-state index >= 15 is 0 Å². The molecule has 0 atom stereocenters. The Kier molecular flexibility index (Phi) is 6.67. The predicted molar refractivity (Wildman–Crippen MR) is 116 cm³/mol. The van der Waals surface area contributed by atoms with Crippen LogP contribution in [0.25, 0.3) is 0 Å². The minimum atomic E-state index is -0.0178. The molecule has 1 amide bonds. The van der Waals surface area contributed by atoms with Gasteiger partial charge in [-0.2, -0.15) is 0 Å². The fraction of sp³-hybridized carbons (Fsp3) is 0.292. The van der Waals surface area contributed by atoms with Crippen molar-refractivity contribution in [1.82, 2.24) is 14.9 Å². The smallest absolute Gasteiger partial charge is 0.255 e. The summed E-state index contributed by atoms with van der Waals surface area (Å²) in [4.78, 5) is 26.1. The summed E-state index contributed by atoms with van der Waals surface area (Å²) in [6, 6.07) is 17.9. The lowest BCUT2D eigenvalue weighted by Gasteiger charge is -2.28. The van der Waals surface area contributed by atoms with Crippen molar-refractivity contribution in [3.05, 3.63) is 89.9 Å².